The van der Waals surface area contributed by atoms with E-state index in [1.807, 2.05) is 52.2 Å². The van der Waals surface area contributed by atoms with Crippen LogP contribution in [-0.2, 0) is 4.74 Å². The maximum atomic E-state index is 14.9. The van der Waals surface area contributed by atoms with E-state index in [2.05, 4.69) is 25.5 Å². The van der Waals surface area contributed by atoms with Crippen molar-refractivity contribution in [1.82, 2.24) is 20.2 Å². The SMILES string of the molecule is CN(c1ccc(-c2cc3nccc(Oc4ccc(NC(=O)NC5CC5)cc4F)c3s2)nc1)C1CN(C(=O)OC(C)(C)C)C1. The second-order valence-electron chi connectivity index (χ2n) is 11.8. The van der Waals surface area contributed by atoms with E-state index in [0.29, 0.717) is 30.0 Å². The Balaban J connectivity index is 1.11. The van der Waals surface area contributed by atoms with Crippen LogP contribution >= 0.6 is 11.3 Å². The van der Waals surface area contributed by atoms with Crippen molar-refractivity contribution in [2.24, 2.45) is 0 Å². The Bertz CT molecular complexity index is 1660. The first-order chi connectivity index (χ1) is 20.5. The van der Waals surface area contributed by atoms with Crippen LogP contribution in [-0.4, -0.2) is 64.8 Å². The van der Waals surface area contributed by atoms with Gasteiger partial charge in [0.05, 0.1) is 38.7 Å². The van der Waals surface area contributed by atoms with Crippen LogP contribution in [0.3, 0.4) is 0 Å². The minimum atomic E-state index is -0.590. The third-order valence-electron chi connectivity index (χ3n) is 7.17. The number of urea groups is 1. The van der Waals surface area contributed by atoms with Crippen molar-refractivity contribution in [3.63, 3.8) is 0 Å². The zero-order valence-electron chi connectivity index (χ0n) is 24.4. The maximum absolute atomic E-state index is 14.9. The fourth-order valence-corrected chi connectivity index (χ4v) is 5.65. The molecular formula is C31H33FN6O4S. The zero-order valence-corrected chi connectivity index (χ0v) is 25.2. The van der Waals surface area contributed by atoms with Gasteiger partial charge in [0.2, 0.25) is 0 Å². The number of fused-ring (bicyclic) bond motifs is 1. The number of rotatable bonds is 7. The Hall–Kier alpha value is -4.45. The number of benzene rings is 1. The van der Waals surface area contributed by atoms with Gasteiger partial charge in [-0.2, -0.15) is 0 Å². The number of likely N-dealkylation sites (tertiary alicyclic amines) is 1. The fraction of sp³-hybridized carbons (Fsp3) is 0.355. The van der Waals surface area contributed by atoms with E-state index in [-0.39, 0.29) is 30.0 Å². The highest BCUT2D eigenvalue weighted by atomic mass is 32.1. The molecule has 0 radical (unpaired) electrons. The first kappa shape index (κ1) is 28.7. The highest BCUT2D eigenvalue weighted by Crippen LogP contribution is 2.39. The fourth-order valence-electron chi connectivity index (χ4n) is 4.61. The molecule has 1 aliphatic carbocycles. The van der Waals surface area contributed by atoms with E-state index >= 15 is 0 Å². The van der Waals surface area contributed by atoms with Gasteiger partial charge in [-0.15, -0.1) is 11.3 Å². The predicted octanol–water partition coefficient (Wildman–Crippen LogP) is 6.63. The number of nitrogens with one attached hydrogen (secondary N) is 2. The molecule has 3 amide bonds. The van der Waals surface area contributed by atoms with Crippen molar-refractivity contribution >= 4 is 45.1 Å². The van der Waals surface area contributed by atoms with Crippen LogP contribution in [0.15, 0.2) is 54.9 Å². The van der Waals surface area contributed by atoms with Crippen LogP contribution in [0.2, 0.25) is 0 Å². The monoisotopic (exact) mass is 604 g/mol. The van der Waals surface area contributed by atoms with Gasteiger partial charge >= 0.3 is 12.1 Å². The van der Waals surface area contributed by atoms with Crippen LogP contribution in [0.1, 0.15) is 33.6 Å². The number of hydrogen-bond donors (Lipinski definition) is 2. The third-order valence-corrected chi connectivity index (χ3v) is 8.33. The molecule has 12 heteroatoms. The predicted molar refractivity (Wildman–Crippen MR) is 164 cm³/mol. The Labute approximate surface area is 252 Å². The molecule has 0 unspecified atom stereocenters. The van der Waals surface area contributed by atoms with Gasteiger partial charge in [-0.05, 0) is 63.9 Å². The lowest BCUT2D eigenvalue weighted by Gasteiger charge is -2.44. The molecule has 1 aliphatic heterocycles. The Morgan fingerprint density at radius 3 is 2.53 bits per heavy atom. The molecule has 1 aromatic carbocycles. The standard InChI is InChI=1S/C31H33FN6O4S/c1-31(2,3)42-30(40)38-16-21(17-38)37(4)20-8-9-23(34-15-20)27-14-24-28(43-27)26(11-12-33-24)41-25-10-7-19(13-22(25)32)36-29(39)35-18-5-6-18/h7-15,18,21H,5-6,16-17H2,1-4H3,(H2,35,36,39). The molecule has 1 saturated carbocycles. The maximum Gasteiger partial charge on any atom is 0.410 e. The lowest BCUT2D eigenvalue weighted by atomic mass is 10.1. The quantitative estimate of drug-likeness (QED) is 0.244. The van der Waals surface area contributed by atoms with E-state index in [4.69, 9.17) is 9.47 Å². The first-order valence-electron chi connectivity index (χ1n) is 14.1. The second kappa shape index (κ2) is 11.3. The number of amides is 3. The summed E-state index contributed by atoms with van der Waals surface area (Å²) in [6.45, 7) is 6.76. The van der Waals surface area contributed by atoms with E-state index in [1.165, 1.54) is 23.5 Å². The Morgan fingerprint density at radius 2 is 1.86 bits per heavy atom. The number of carbonyl (C=O) groups is 2. The smallest absolute Gasteiger partial charge is 0.410 e. The van der Waals surface area contributed by atoms with Crippen molar-refractivity contribution in [2.75, 3.05) is 30.4 Å². The number of nitrogens with zero attached hydrogens (tertiary/aromatic N) is 4. The van der Waals surface area contributed by atoms with Gasteiger partial charge in [0.25, 0.3) is 0 Å². The van der Waals surface area contributed by atoms with Crippen LogP contribution in [0.25, 0.3) is 20.8 Å². The van der Waals surface area contributed by atoms with Crippen LogP contribution in [0, 0.1) is 5.82 Å². The number of pyridine rings is 2. The molecule has 0 bridgehead atoms. The van der Waals surface area contributed by atoms with E-state index in [1.54, 1.807) is 23.2 Å². The average molecular weight is 605 g/mol. The zero-order chi connectivity index (χ0) is 30.3. The number of likely N-dealkylation sites (N-methyl/N-ethyl adjacent to an activating group) is 1. The van der Waals surface area contributed by atoms with Crippen molar-refractivity contribution < 1.29 is 23.5 Å². The first-order valence-corrected chi connectivity index (χ1v) is 14.9. The van der Waals surface area contributed by atoms with Gasteiger partial charge < -0.3 is 29.9 Å². The molecule has 4 aromatic rings. The molecule has 2 N–H and O–H groups in total. The normalized spacial score (nSPS) is 15.1. The van der Waals surface area contributed by atoms with Crippen molar-refractivity contribution in [2.45, 2.75) is 51.3 Å². The van der Waals surface area contributed by atoms with Crippen molar-refractivity contribution in [1.29, 1.82) is 0 Å². The van der Waals surface area contributed by atoms with E-state index < -0.39 is 11.4 Å². The van der Waals surface area contributed by atoms with Gasteiger partial charge in [-0.3, -0.25) is 9.97 Å². The molecule has 43 heavy (non-hydrogen) atoms. The molecule has 10 nitrogen and oxygen atoms in total. The molecule has 2 aliphatic rings. The number of ether oxygens (including phenoxy) is 2. The number of aromatic nitrogens is 2. The minimum absolute atomic E-state index is 0.0438. The molecule has 0 spiro atoms. The number of thiophene rings is 1. The highest BCUT2D eigenvalue weighted by molar-refractivity contribution is 7.22. The van der Waals surface area contributed by atoms with Crippen LogP contribution in [0.5, 0.6) is 11.5 Å². The molecule has 4 heterocycles. The summed E-state index contributed by atoms with van der Waals surface area (Å²) in [7, 11) is 1.99. The van der Waals surface area contributed by atoms with Gasteiger partial charge in [-0.1, -0.05) is 0 Å². The third kappa shape index (κ3) is 6.64. The van der Waals surface area contributed by atoms with Gasteiger partial charge in [0.15, 0.2) is 11.6 Å². The van der Waals surface area contributed by atoms with Gasteiger partial charge in [0, 0.05) is 50.2 Å². The molecule has 1 saturated heterocycles. The molecular weight excluding hydrogens is 571 g/mol. The van der Waals surface area contributed by atoms with E-state index in [9.17, 15) is 14.0 Å². The number of halogens is 1. The summed E-state index contributed by atoms with van der Waals surface area (Å²) in [5, 5.41) is 5.46. The largest absolute Gasteiger partial charge is 0.453 e. The molecule has 3 aromatic heterocycles. The Kier molecular flexibility index (Phi) is 7.55. The summed E-state index contributed by atoms with van der Waals surface area (Å²) in [5.41, 5.74) is 2.27. The Morgan fingerprint density at radius 1 is 1.07 bits per heavy atom. The summed E-state index contributed by atoms with van der Waals surface area (Å²) in [5.74, 6) is -0.0708. The summed E-state index contributed by atoms with van der Waals surface area (Å²) in [6, 6.07) is 12.0. The molecule has 6 rings (SSSR count). The van der Waals surface area contributed by atoms with Gasteiger partial charge in [0.1, 0.15) is 11.4 Å². The summed E-state index contributed by atoms with van der Waals surface area (Å²) < 4.78 is 27.1. The summed E-state index contributed by atoms with van der Waals surface area (Å²) in [4.78, 5) is 38.1. The number of carbonyl (C=O) groups excluding carboxylic acids is 2. The number of hydrogen-bond acceptors (Lipinski definition) is 8. The molecule has 0 atom stereocenters. The molecule has 224 valence electrons. The average Bonchev–Trinajstić information content (AvgIpc) is 3.61. The van der Waals surface area contributed by atoms with E-state index in [0.717, 1.165) is 33.8 Å². The minimum Gasteiger partial charge on any atom is -0.453 e. The summed E-state index contributed by atoms with van der Waals surface area (Å²) in [6.07, 6.45) is 5.08. The van der Waals surface area contributed by atoms with Crippen molar-refractivity contribution in [3.05, 3.63) is 60.7 Å². The van der Waals surface area contributed by atoms with Gasteiger partial charge in [-0.25, -0.2) is 14.0 Å². The lowest BCUT2D eigenvalue weighted by Crippen LogP contribution is -2.61. The topological polar surface area (TPSA) is 109 Å². The molecule has 2 fully saturated rings. The number of anilines is 2. The van der Waals surface area contributed by atoms with Crippen molar-refractivity contribution in [3.8, 4) is 22.1 Å². The summed E-state index contributed by atoms with van der Waals surface area (Å²) >= 11 is 1.46. The highest BCUT2D eigenvalue weighted by Gasteiger charge is 2.36. The lowest BCUT2D eigenvalue weighted by molar-refractivity contribution is 0.00851. The van der Waals surface area contributed by atoms with Crippen LogP contribution in [0.4, 0.5) is 25.4 Å². The second-order valence-corrected chi connectivity index (χ2v) is 12.9. The van der Waals surface area contributed by atoms with Crippen LogP contribution < -0.4 is 20.3 Å².